The minimum absolute atomic E-state index is 0.0457. The van der Waals surface area contributed by atoms with Crippen LogP contribution in [0.4, 0.5) is 4.79 Å². The van der Waals surface area contributed by atoms with Gasteiger partial charge in [0.1, 0.15) is 5.60 Å². The summed E-state index contributed by atoms with van der Waals surface area (Å²) in [6, 6.07) is 0. The van der Waals surface area contributed by atoms with E-state index in [1.54, 1.807) is 11.9 Å². The summed E-state index contributed by atoms with van der Waals surface area (Å²) < 4.78 is 12.0. The van der Waals surface area contributed by atoms with Gasteiger partial charge in [0.05, 0.1) is 19.1 Å². The Bertz CT molecular complexity index is 539. The highest BCUT2D eigenvalue weighted by Gasteiger charge is 2.43. The second kappa shape index (κ2) is 8.49. The van der Waals surface area contributed by atoms with E-state index in [0.717, 1.165) is 0 Å². The smallest absolute Gasteiger partial charge is 0.410 e. The van der Waals surface area contributed by atoms with Gasteiger partial charge in [-0.05, 0) is 45.3 Å². The summed E-state index contributed by atoms with van der Waals surface area (Å²) in [5.74, 6) is -0.541. The highest BCUT2D eigenvalue weighted by molar-refractivity contribution is 6.74. The number of amides is 2. The van der Waals surface area contributed by atoms with Gasteiger partial charge < -0.3 is 14.1 Å². The molecule has 0 N–H and O–H groups in total. The highest BCUT2D eigenvalue weighted by atomic mass is 28.4. The molecule has 158 valence electrons. The van der Waals surface area contributed by atoms with E-state index >= 15 is 0 Å². The fourth-order valence-corrected chi connectivity index (χ4v) is 4.09. The maximum absolute atomic E-state index is 12.7. The van der Waals surface area contributed by atoms with Crippen molar-refractivity contribution in [3.8, 4) is 0 Å². The van der Waals surface area contributed by atoms with Crippen LogP contribution < -0.4 is 0 Å². The summed E-state index contributed by atoms with van der Waals surface area (Å²) in [5, 5.41) is 1.26. The van der Waals surface area contributed by atoms with Crippen LogP contribution in [-0.4, -0.2) is 69.2 Å². The number of hydrogen-bond donors (Lipinski definition) is 0. The predicted octanol–water partition coefficient (Wildman–Crippen LogP) is 3.65. The van der Waals surface area contributed by atoms with E-state index in [2.05, 4.69) is 33.9 Å². The van der Waals surface area contributed by atoms with Crippen LogP contribution in [0.15, 0.2) is 0 Å². The molecule has 0 bridgehead atoms. The van der Waals surface area contributed by atoms with Crippen molar-refractivity contribution < 1.29 is 23.6 Å². The zero-order valence-electron chi connectivity index (χ0n) is 18.7. The molecule has 0 aromatic heterocycles. The van der Waals surface area contributed by atoms with E-state index < -0.39 is 20.0 Å². The summed E-state index contributed by atoms with van der Waals surface area (Å²) in [7, 11) is 0.998. The number of nitrogens with zero attached hydrogens (tertiary/aromatic N) is 2. The molecule has 0 aromatic carbocycles. The van der Waals surface area contributed by atoms with Gasteiger partial charge in [0.15, 0.2) is 8.32 Å². The first-order valence-electron chi connectivity index (χ1n) is 9.55. The molecule has 1 aliphatic rings. The van der Waals surface area contributed by atoms with Crippen molar-refractivity contribution in [3.63, 3.8) is 0 Å². The van der Waals surface area contributed by atoms with E-state index in [9.17, 15) is 9.59 Å². The third-order valence-electron chi connectivity index (χ3n) is 5.26. The Hall–Kier alpha value is -1.12. The van der Waals surface area contributed by atoms with Crippen LogP contribution >= 0.6 is 0 Å². The van der Waals surface area contributed by atoms with Gasteiger partial charge in [0, 0.05) is 20.1 Å². The zero-order chi connectivity index (χ0) is 21.2. The van der Waals surface area contributed by atoms with Crippen LogP contribution in [0.2, 0.25) is 18.1 Å². The quantitative estimate of drug-likeness (QED) is 0.530. The number of piperidine rings is 1. The van der Waals surface area contributed by atoms with Crippen molar-refractivity contribution in [1.82, 2.24) is 9.96 Å². The second-order valence-electron chi connectivity index (χ2n) is 9.84. The van der Waals surface area contributed by atoms with E-state index in [1.807, 2.05) is 20.8 Å². The van der Waals surface area contributed by atoms with E-state index in [0.29, 0.717) is 19.5 Å². The molecule has 2 unspecified atom stereocenters. The lowest BCUT2D eigenvalue weighted by atomic mass is 9.95. The summed E-state index contributed by atoms with van der Waals surface area (Å²) >= 11 is 0. The Morgan fingerprint density at radius 1 is 1.07 bits per heavy atom. The number of likely N-dealkylation sites (tertiary alicyclic amines) is 1. The van der Waals surface area contributed by atoms with Gasteiger partial charge in [-0.15, -0.1) is 0 Å². The molecule has 27 heavy (non-hydrogen) atoms. The van der Waals surface area contributed by atoms with Crippen molar-refractivity contribution in [1.29, 1.82) is 0 Å². The number of rotatable bonds is 4. The van der Waals surface area contributed by atoms with Crippen LogP contribution in [-0.2, 0) is 18.8 Å². The van der Waals surface area contributed by atoms with Crippen molar-refractivity contribution in [2.45, 2.75) is 77.8 Å². The highest BCUT2D eigenvalue weighted by Crippen LogP contribution is 2.38. The molecule has 0 aliphatic carbocycles. The fourth-order valence-electron chi connectivity index (χ4n) is 2.73. The molecule has 0 spiro atoms. The first kappa shape index (κ1) is 23.9. The maximum atomic E-state index is 12.7. The Morgan fingerprint density at radius 3 is 2.07 bits per heavy atom. The zero-order valence-corrected chi connectivity index (χ0v) is 19.7. The summed E-state index contributed by atoms with van der Waals surface area (Å²) in [4.78, 5) is 31.9. The standard InChI is InChI=1S/C19H38N2O5Si/c1-18(2,3)25-17(23)21-12-14(16(22)20(7)24-8)11-15(13-21)26-27(9,10)19(4,5)6/h14-15H,11-13H2,1-10H3. The molecule has 2 amide bonds. The number of carbonyl (C=O) groups excluding carboxylic acids is 2. The number of hydroxylamine groups is 2. The van der Waals surface area contributed by atoms with Gasteiger partial charge >= 0.3 is 6.09 Å². The summed E-state index contributed by atoms with van der Waals surface area (Å²) in [6.07, 6.45) is -0.0477. The summed E-state index contributed by atoms with van der Waals surface area (Å²) in [5.41, 5.74) is -0.590. The summed E-state index contributed by atoms with van der Waals surface area (Å²) in [6.45, 7) is 17.1. The van der Waals surface area contributed by atoms with Crippen molar-refractivity contribution in [3.05, 3.63) is 0 Å². The fraction of sp³-hybridized carbons (Fsp3) is 0.895. The van der Waals surface area contributed by atoms with Crippen LogP contribution in [0.3, 0.4) is 0 Å². The van der Waals surface area contributed by atoms with Crippen molar-refractivity contribution in [2.75, 3.05) is 27.2 Å². The first-order chi connectivity index (χ1) is 12.1. The largest absolute Gasteiger partial charge is 0.444 e. The predicted molar refractivity (Wildman–Crippen MR) is 108 cm³/mol. The van der Waals surface area contributed by atoms with Crippen molar-refractivity contribution in [2.24, 2.45) is 5.92 Å². The normalized spacial score (nSPS) is 21.8. The van der Waals surface area contributed by atoms with Crippen LogP contribution in [0, 0.1) is 5.92 Å². The average Bonchev–Trinajstić information content (AvgIpc) is 2.49. The van der Waals surface area contributed by atoms with Gasteiger partial charge in [-0.25, -0.2) is 9.86 Å². The molecule has 2 atom stereocenters. The molecule has 1 heterocycles. The molecule has 1 fully saturated rings. The molecule has 0 aromatic rings. The minimum Gasteiger partial charge on any atom is -0.444 e. The molecular weight excluding hydrogens is 364 g/mol. The van der Waals surface area contributed by atoms with E-state index in [4.69, 9.17) is 14.0 Å². The molecular formula is C19H38N2O5Si. The molecule has 7 nitrogen and oxygen atoms in total. The number of ether oxygens (including phenoxy) is 1. The monoisotopic (exact) mass is 402 g/mol. The van der Waals surface area contributed by atoms with Gasteiger partial charge in [-0.2, -0.15) is 0 Å². The number of hydrogen-bond acceptors (Lipinski definition) is 5. The topological polar surface area (TPSA) is 68.3 Å². The van der Waals surface area contributed by atoms with Gasteiger partial charge in [0.2, 0.25) is 0 Å². The Labute approximate surface area is 165 Å². The second-order valence-corrected chi connectivity index (χ2v) is 14.6. The molecule has 0 radical (unpaired) electrons. The molecule has 0 saturated carbocycles. The van der Waals surface area contributed by atoms with E-state index in [-0.39, 0.29) is 23.0 Å². The van der Waals surface area contributed by atoms with Crippen LogP contribution in [0.1, 0.15) is 48.0 Å². The van der Waals surface area contributed by atoms with Crippen LogP contribution in [0.25, 0.3) is 0 Å². The molecule has 1 rings (SSSR count). The average molecular weight is 403 g/mol. The lowest BCUT2D eigenvalue weighted by Crippen LogP contribution is -2.55. The third-order valence-corrected chi connectivity index (χ3v) is 9.80. The first-order valence-corrected chi connectivity index (χ1v) is 12.5. The Kier molecular flexibility index (Phi) is 7.52. The minimum atomic E-state index is -2.04. The molecule has 8 heteroatoms. The Balaban J connectivity index is 3.03. The third kappa shape index (κ3) is 6.76. The molecule has 1 saturated heterocycles. The lowest BCUT2D eigenvalue weighted by Gasteiger charge is -2.44. The van der Waals surface area contributed by atoms with Crippen molar-refractivity contribution >= 4 is 20.3 Å². The van der Waals surface area contributed by atoms with Gasteiger partial charge in [0.25, 0.3) is 5.91 Å². The lowest BCUT2D eigenvalue weighted by molar-refractivity contribution is -0.176. The molecule has 1 aliphatic heterocycles. The van der Waals surface area contributed by atoms with Gasteiger partial charge in [-0.3, -0.25) is 9.63 Å². The van der Waals surface area contributed by atoms with Gasteiger partial charge in [-0.1, -0.05) is 20.8 Å². The van der Waals surface area contributed by atoms with E-state index in [1.165, 1.54) is 12.2 Å². The number of carbonyl (C=O) groups is 2. The maximum Gasteiger partial charge on any atom is 0.410 e. The SMILES string of the molecule is CON(C)C(=O)C1CC(O[Si](C)(C)C(C)(C)C)CN(C(=O)OC(C)(C)C)C1. The van der Waals surface area contributed by atoms with Crippen LogP contribution in [0.5, 0.6) is 0 Å². The Morgan fingerprint density at radius 2 is 1.63 bits per heavy atom.